The number of methoxy groups -OCH3 is 1. The van der Waals surface area contributed by atoms with Gasteiger partial charge in [-0.2, -0.15) is 0 Å². The maximum absolute atomic E-state index is 13.5. The van der Waals surface area contributed by atoms with Gasteiger partial charge in [0.15, 0.2) is 0 Å². The first-order valence-corrected chi connectivity index (χ1v) is 12.4. The predicted octanol–water partition coefficient (Wildman–Crippen LogP) is 3.60. The van der Waals surface area contributed by atoms with Crippen LogP contribution in [-0.4, -0.2) is 49.4 Å². The fraction of sp³-hybridized carbons (Fsp3) is 0.280. The van der Waals surface area contributed by atoms with E-state index in [1.807, 2.05) is 44.2 Å². The summed E-state index contributed by atoms with van der Waals surface area (Å²) in [5, 5.41) is 12.9. The highest BCUT2D eigenvalue weighted by molar-refractivity contribution is 8.26. The summed E-state index contributed by atoms with van der Waals surface area (Å²) >= 11 is 6.63. The molecule has 0 aliphatic carbocycles. The molecule has 182 valence electrons. The van der Waals surface area contributed by atoms with Gasteiger partial charge in [0.1, 0.15) is 21.5 Å². The number of aliphatic hydroxyl groups is 1. The monoisotopic (exact) mass is 510 g/mol. The topological polar surface area (TPSA) is 96.2 Å². The molecule has 3 aromatic rings. The highest BCUT2D eigenvalue weighted by Gasteiger charge is 2.33. The Bertz CT molecular complexity index is 1360. The summed E-state index contributed by atoms with van der Waals surface area (Å²) in [6, 6.07) is 10.8. The van der Waals surface area contributed by atoms with Crippen LogP contribution in [0.25, 0.3) is 11.7 Å². The van der Waals surface area contributed by atoms with Crippen LogP contribution in [0.1, 0.15) is 30.0 Å². The SMILES string of the molecule is CC[C@@H](CO)Nc1nc2c(C)cccn2c(=O)c1/C=C1\SC(=S)N(Cc2ccc(OC)cc2)C1=O. The smallest absolute Gasteiger partial charge is 0.267 e. The van der Waals surface area contributed by atoms with Crippen LogP contribution in [0, 0.1) is 6.92 Å². The van der Waals surface area contributed by atoms with Crippen molar-refractivity contribution in [1.82, 2.24) is 14.3 Å². The van der Waals surface area contributed by atoms with Crippen LogP contribution in [0.5, 0.6) is 5.75 Å². The Morgan fingerprint density at radius 1 is 1.26 bits per heavy atom. The first kappa shape index (κ1) is 24.9. The number of aliphatic hydroxyl groups excluding tert-OH is 1. The van der Waals surface area contributed by atoms with Crippen LogP contribution in [0.4, 0.5) is 5.82 Å². The van der Waals surface area contributed by atoms with Crippen LogP contribution in [0.15, 0.2) is 52.3 Å². The zero-order valence-corrected chi connectivity index (χ0v) is 21.3. The number of benzene rings is 1. The number of thioether (sulfide) groups is 1. The van der Waals surface area contributed by atoms with Crippen molar-refractivity contribution < 1.29 is 14.6 Å². The lowest BCUT2D eigenvalue weighted by atomic mass is 10.2. The summed E-state index contributed by atoms with van der Waals surface area (Å²) in [6.07, 6.45) is 3.83. The normalized spacial score (nSPS) is 15.8. The third kappa shape index (κ3) is 5.09. The molecule has 1 aromatic carbocycles. The Hall–Kier alpha value is -3.21. The molecular weight excluding hydrogens is 484 g/mol. The zero-order valence-electron chi connectivity index (χ0n) is 19.6. The molecule has 35 heavy (non-hydrogen) atoms. The molecule has 4 rings (SSSR count). The number of nitrogens with zero attached hydrogens (tertiary/aromatic N) is 3. The number of aromatic nitrogens is 2. The second-order valence-electron chi connectivity index (χ2n) is 8.11. The molecule has 1 aliphatic heterocycles. The van der Waals surface area contributed by atoms with E-state index in [-0.39, 0.29) is 29.7 Å². The van der Waals surface area contributed by atoms with Gasteiger partial charge in [0.25, 0.3) is 11.5 Å². The summed E-state index contributed by atoms with van der Waals surface area (Å²) < 4.78 is 7.07. The van der Waals surface area contributed by atoms with E-state index in [0.29, 0.717) is 33.7 Å². The number of amides is 1. The van der Waals surface area contributed by atoms with E-state index in [2.05, 4.69) is 10.3 Å². The van der Waals surface area contributed by atoms with Gasteiger partial charge in [-0.3, -0.25) is 18.9 Å². The first-order chi connectivity index (χ1) is 16.9. The lowest BCUT2D eigenvalue weighted by Crippen LogP contribution is -2.28. The Morgan fingerprint density at radius 3 is 2.66 bits per heavy atom. The molecule has 0 bridgehead atoms. The fourth-order valence-corrected chi connectivity index (χ4v) is 4.94. The lowest BCUT2D eigenvalue weighted by Gasteiger charge is -2.18. The summed E-state index contributed by atoms with van der Waals surface area (Å²) in [6.45, 7) is 4.00. The van der Waals surface area contributed by atoms with Crippen molar-refractivity contribution in [3.63, 3.8) is 0 Å². The van der Waals surface area contributed by atoms with Gasteiger partial charge < -0.3 is 15.2 Å². The summed E-state index contributed by atoms with van der Waals surface area (Å²) in [7, 11) is 1.60. The quantitative estimate of drug-likeness (QED) is 0.351. The van der Waals surface area contributed by atoms with Gasteiger partial charge in [0.05, 0.1) is 36.8 Å². The molecule has 10 heteroatoms. The van der Waals surface area contributed by atoms with Gasteiger partial charge in [-0.15, -0.1) is 0 Å². The van der Waals surface area contributed by atoms with Crippen molar-refractivity contribution in [2.45, 2.75) is 32.9 Å². The van der Waals surface area contributed by atoms with Gasteiger partial charge in [0.2, 0.25) is 0 Å². The van der Waals surface area contributed by atoms with Crippen LogP contribution in [0.2, 0.25) is 0 Å². The minimum absolute atomic E-state index is 0.116. The Balaban J connectivity index is 1.73. The highest BCUT2D eigenvalue weighted by Crippen LogP contribution is 2.34. The first-order valence-electron chi connectivity index (χ1n) is 11.1. The number of hydrogen-bond donors (Lipinski definition) is 2. The van der Waals surface area contributed by atoms with Crippen LogP contribution < -0.4 is 15.6 Å². The Labute approximate surface area is 212 Å². The number of nitrogens with one attached hydrogen (secondary N) is 1. The number of rotatable bonds is 8. The van der Waals surface area contributed by atoms with Crippen molar-refractivity contribution in [3.8, 4) is 5.75 Å². The summed E-state index contributed by atoms with van der Waals surface area (Å²) in [5.41, 5.74) is 2.18. The molecule has 0 unspecified atom stereocenters. The average Bonchev–Trinajstić information content (AvgIpc) is 3.13. The van der Waals surface area contributed by atoms with Crippen LogP contribution in [-0.2, 0) is 11.3 Å². The molecule has 0 spiro atoms. The van der Waals surface area contributed by atoms with Crippen molar-refractivity contribution in [2.75, 3.05) is 19.0 Å². The molecule has 0 radical (unpaired) electrons. The number of ether oxygens (including phenoxy) is 1. The van der Waals surface area contributed by atoms with Gasteiger partial charge in [-0.25, -0.2) is 4.98 Å². The average molecular weight is 511 g/mol. The Kier molecular flexibility index (Phi) is 7.54. The van der Waals surface area contributed by atoms with Crippen LogP contribution >= 0.6 is 24.0 Å². The van der Waals surface area contributed by atoms with E-state index in [4.69, 9.17) is 17.0 Å². The van der Waals surface area contributed by atoms with Crippen molar-refractivity contribution >= 4 is 51.7 Å². The minimum atomic E-state index is -0.311. The number of fused-ring (bicyclic) bond motifs is 1. The number of aryl methyl sites for hydroxylation is 1. The third-order valence-electron chi connectivity index (χ3n) is 5.79. The molecule has 1 saturated heterocycles. The molecule has 1 aliphatic rings. The van der Waals surface area contributed by atoms with Crippen molar-refractivity contribution in [1.29, 1.82) is 0 Å². The van der Waals surface area contributed by atoms with E-state index in [9.17, 15) is 14.7 Å². The van der Waals surface area contributed by atoms with E-state index >= 15 is 0 Å². The van der Waals surface area contributed by atoms with Crippen molar-refractivity contribution in [2.24, 2.45) is 0 Å². The van der Waals surface area contributed by atoms with Gasteiger partial charge in [-0.1, -0.05) is 49.1 Å². The number of hydrogen-bond acceptors (Lipinski definition) is 8. The van der Waals surface area contributed by atoms with E-state index in [0.717, 1.165) is 28.6 Å². The van der Waals surface area contributed by atoms with Crippen molar-refractivity contribution in [3.05, 3.63) is 74.5 Å². The molecule has 2 aromatic heterocycles. The molecule has 2 N–H and O–H groups in total. The van der Waals surface area contributed by atoms with E-state index < -0.39 is 0 Å². The second kappa shape index (κ2) is 10.6. The molecule has 8 nitrogen and oxygen atoms in total. The van der Waals surface area contributed by atoms with Gasteiger partial charge in [0, 0.05) is 6.20 Å². The van der Waals surface area contributed by atoms with E-state index in [1.54, 1.807) is 25.4 Å². The van der Waals surface area contributed by atoms with Gasteiger partial charge in [-0.05, 0) is 48.7 Å². The zero-order chi connectivity index (χ0) is 25.1. The third-order valence-corrected chi connectivity index (χ3v) is 7.16. The van der Waals surface area contributed by atoms with Crippen LogP contribution in [0.3, 0.4) is 0 Å². The number of pyridine rings is 1. The molecule has 1 atom stereocenters. The summed E-state index contributed by atoms with van der Waals surface area (Å²) in [5.74, 6) is 0.780. The number of carbonyl (C=O) groups excluding carboxylic acids is 1. The fourth-order valence-electron chi connectivity index (χ4n) is 3.70. The largest absolute Gasteiger partial charge is 0.497 e. The molecular formula is C25H26N4O4S2. The molecule has 3 heterocycles. The standard InChI is InChI=1S/C25H26N4O4S2/c1-4-17(14-30)26-21-19(23(31)28-11-5-6-15(2)22(28)27-21)12-20-24(32)29(25(34)35-20)13-16-7-9-18(33-3)10-8-16/h5-12,17,26,30H,4,13-14H2,1-3H3/b20-12-/t17-/m0/s1. The molecule has 1 amide bonds. The maximum atomic E-state index is 13.5. The Morgan fingerprint density at radius 2 is 2.00 bits per heavy atom. The minimum Gasteiger partial charge on any atom is -0.497 e. The highest BCUT2D eigenvalue weighted by atomic mass is 32.2. The maximum Gasteiger partial charge on any atom is 0.267 e. The lowest BCUT2D eigenvalue weighted by molar-refractivity contribution is -0.122. The summed E-state index contributed by atoms with van der Waals surface area (Å²) in [4.78, 5) is 33.3. The van der Waals surface area contributed by atoms with Gasteiger partial charge >= 0.3 is 0 Å². The molecule has 0 saturated carbocycles. The molecule has 1 fully saturated rings. The predicted molar refractivity (Wildman–Crippen MR) is 143 cm³/mol. The van der Waals surface area contributed by atoms with E-state index in [1.165, 1.54) is 9.30 Å². The number of carbonyl (C=O) groups is 1. The number of thiocarbonyl (C=S) groups is 1. The number of anilines is 1. The second-order valence-corrected chi connectivity index (χ2v) is 9.79.